The molecule has 7 heteroatoms. The van der Waals surface area contributed by atoms with Crippen molar-refractivity contribution in [2.24, 2.45) is 0 Å². The fourth-order valence-corrected chi connectivity index (χ4v) is 2.12. The molecule has 0 aliphatic heterocycles. The summed E-state index contributed by atoms with van der Waals surface area (Å²) in [5, 5.41) is 2.64. The van der Waals surface area contributed by atoms with Crippen LogP contribution in [0.15, 0.2) is 48.5 Å². The average molecular weight is 357 g/mol. The van der Waals surface area contributed by atoms with Gasteiger partial charge < -0.3 is 19.5 Å². The molecular formula is C19H19NO6. The van der Waals surface area contributed by atoms with E-state index >= 15 is 0 Å². The Kier molecular flexibility index (Phi) is 6.73. The lowest BCUT2D eigenvalue weighted by Crippen LogP contribution is -2.21. The normalized spacial score (nSPS) is 9.92. The van der Waals surface area contributed by atoms with Crippen molar-refractivity contribution in [2.45, 2.75) is 6.92 Å². The van der Waals surface area contributed by atoms with Gasteiger partial charge in [-0.15, -0.1) is 0 Å². The van der Waals surface area contributed by atoms with Crippen LogP contribution in [-0.4, -0.2) is 38.2 Å². The van der Waals surface area contributed by atoms with Gasteiger partial charge in [-0.05, 0) is 43.3 Å². The van der Waals surface area contributed by atoms with Gasteiger partial charge in [0.25, 0.3) is 5.91 Å². The fraction of sp³-hybridized carbons (Fsp3) is 0.211. The van der Waals surface area contributed by atoms with Crippen LogP contribution in [0.3, 0.4) is 0 Å². The highest BCUT2D eigenvalue weighted by Crippen LogP contribution is 2.19. The van der Waals surface area contributed by atoms with E-state index in [0.29, 0.717) is 17.9 Å². The third-order valence-electron chi connectivity index (χ3n) is 3.33. The summed E-state index contributed by atoms with van der Waals surface area (Å²) in [5.74, 6) is -1.12. The summed E-state index contributed by atoms with van der Waals surface area (Å²) in [6.07, 6.45) is 0. The molecule has 0 aromatic heterocycles. The highest BCUT2D eigenvalue weighted by Gasteiger charge is 2.13. The molecular weight excluding hydrogens is 338 g/mol. The van der Waals surface area contributed by atoms with Gasteiger partial charge in [0, 0.05) is 5.69 Å². The Bertz CT molecular complexity index is 785. The Morgan fingerprint density at radius 1 is 0.962 bits per heavy atom. The minimum absolute atomic E-state index is 0.238. The predicted octanol–water partition coefficient (Wildman–Crippen LogP) is 2.67. The van der Waals surface area contributed by atoms with Crippen molar-refractivity contribution in [2.75, 3.05) is 25.6 Å². The molecule has 2 aromatic rings. The number of hydrogen-bond acceptors (Lipinski definition) is 6. The van der Waals surface area contributed by atoms with Gasteiger partial charge in [0.2, 0.25) is 0 Å². The number of para-hydroxylation sites is 1. The standard InChI is InChI=1S/C19H19NO6/c1-3-25-18(22)13-8-10-14(11-9-13)20-17(21)12-26-16-7-5-4-6-15(16)19(23)24-2/h4-11H,3,12H2,1-2H3,(H,20,21). The maximum Gasteiger partial charge on any atom is 0.341 e. The van der Waals surface area contributed by atoms with Crippen molar-refractivity contribution in [1.29, 1.82) is 0 Å². The van der Waals surface area contributed by atoms with Gasteiger partial charge in [-0.3, -0.25) is 4.79 Å². The van der Waals surface area contributed by atoms with Crippen molar-refractivity contribution in [3.63, 3.8) is 0 Å². The summed E-state index contributed by atoms with van der Waals surface area (Å²) >= 11 is 0. The Hall–Kier alpha value is -3.35. The molecule has 0 saturated heterocycles. The summed E-state index contributed by atoms with van der Waals surface area (Å²) in [7, 11) is 1.27. The molecule has 0 atom stereocenters. The minimum Gasteiger partial charge on any atom is -0.483 e. The van der Waals surface area contributed by atoms with Crippen molar-refractivity contribution < 1.29 is 28.6 Å². The predicted molar refractivity (Wildman–Crippen MR) is 94.3 cm³/mol. The van der Waals surface area contributed by atoms with Crippen LogP contribution in [-0.2, 0) is 14.3 Å². The van der Waals surface area contributed by atoms with Crippen LogP contribution in [0.4, 0.5) is 5.69 Å². The number of carbonyl (C=O) groups is 3. The summed E-state index contributed by atoms with van der Waals surface area (Å²) < 4.78 is 15.0. The number of methoxy groups -OCH3 is 1. The molecule has 1 N–H and O–H groups in total. The summed E-state index contributed by atoms with van der Waals surface area (Å²) in [4.78, 5) is 35.3. The molecule has 0 bridgehead atoms. The zero-order valence-corrected chi connectivity index (χ0v) is 14.5. The lowest BCUT2D eigenvalue weighted by molar-refractivity contribution is -0.118. The number of esters is 2. The molecule has 0 aliphatic rings. The van der Waals surface area contributed by atoms with Gasteiger partial charge in [0.1, 0.15) is 11.3 Å². The molecule has 1 amide bonds. The molecule has 0 fully saturated rings. The quantitative estimate of drug-likeness (QED) is 0.766. The van der Waals surface area contributed by atoms with Crippen LogP contribution in [0, 0.1) is 0 Å². The third kappa shape index (κ3) is 5.07. The Morgan fingerprint density at radius 3 is 2.31 bits per heavy atom. The van der Waals surface area contributed by atoms with E-state index in [4.69, 9.17) is 9.47 Å². The number of rotatable bonds is 7. The van der Waals surface area contributed by atoms with Crippen molar-refractivity contribution in [3.8, 4) is 5.75 Å². The second kappa shape index (κ2) is 9.22. The average Bonchev–Trinajstić information content (AvgIpc) is 2.66. The number of anilines is 1. The topological polar surface area (TPSA) is 90.9 Å². The summed E-state index contributed by atoms with van der Waals surface area (Å²) in [6, 6.07) is 12.8. The lowest BCUT2D eigenvalue weighted by atomic mass is 10.2. The van der Waals surface area contributed by atoms with E-state index in [1.54, 1.807) is 55.5 Å². The van der Waals surface area contributed by atoms with Crippen molar-refractivity contribution >= 4 is 23.5 Å². The van der Waals surface area contributed by atoms with E-state index in [9.17, 15) is 14.4 Å². The number of amides is 1. The van der Waals surface area contributed by atoms with Crippen LogP contribution < -0.4 is 10.1 Å². The molecule has 0 radical (unpaired) electrons. The van der Waals surface area contributed by atoms with Crippen LogP contribution >= 0.6 is 0 Å². The Morgan fingerprint density at radius 2 is 1.65 bits per heavy atom. The van der Waals surface area contributed by atoms with E-state index in [2.05, 4.69) is 10.1 Å². The second-order valence-electron chi connectivity index (χ2n) is 5.12. The molecule has 0 unspecified atom stereocenters. The number of benzene rings is 2. The third-order valence-corrected chi connectivity index (χ3v) is 3.33. The summed E-state index contributed by atoms with van der Waals surface area (Å²) in [6.45, 7) is 1.74. The molecule has 0 saturated carbocycles. The molecule has 0 spiro atoms. The molecule has 7 nitrogen and oxygen atoms in total. The van der Waals surface area contributed by atoms with Gasteiger partial charge in [-0.1, -0.05) is 12.1 Å². The van der Waals surface area contributed by atoms with Crippen LogP contribution in [0.2, 0.25) is 0 Å². The van der Waals surface area contributed by atoms with Gasteiger partial charge in [-0.2, -0.15) is 0 Å². The van der Waals surface area contributed by atoms with Crippen molar-refractivity contribution in [3.05, 3.63) is 59.7 Å². The molecule has 136 valence electrons. The van der Waals surface area contributed by atoms with Crippen LogP contribution in [0.25, 0.3) is 0 Å². The number of carbonyl (C=O) groups excluding carboxylic acids is 3. The Balaban J connectivity index is 1.93. The monoisotopic (exact) mass is 357 g/mol. The van der Waals surface area contributed by atoms with Gasteiger partial charge in [-0.25, -0.2) is 9.59 Å². The van der Waals surface area contributed by atoms with Gasteiger partial charge >= 0.3 is 11.9 Å². The zero-order valence-electron chi connectivity index (χ0n) is 14.5. The smallest absolute Gasteiger partial charge is 0.341 e. The van der Waals surface area contributed by atoms with Crippen LogP contribution in [0.5, 0.6) is 5.75 Å². The molecule has 0 aliphatic carbocycles. The first kappa shape index (κ1) is 19.0. The highest BCUT2D eigenvalue weighted by molar-refractivity contribution is 5.94. The number of nitrogens with one attached hydrogen (secondary N) is 1. The second-order valence-corrected chi connectivity index (χ2v) is 5.12. The highest BCUT2D eigenvalue weighted by atomic mass is 16.5. The first-order valence-corrected chi connectivity index (χ1v) is 7.92. The number of ether oxygens (including phenoxy) is 3. The van der Waals surface area contributed by atoms with E-state index in [1.807, 2.05) is 0 Å². The van der Waals surface area contributed by atoms with E-state index < -0.39 is 17.8 Å². The van der Waals surface area contributed by atoms with E-state index in [1.165, 1.54) is 7.11 Å². The van der Waals surface area contributed by atoms with Gasteiger partial charge in [0.15, 0.2) is 6.61 Å². The van der Waals surface area contributed by atoms with E-state index in [-0.39, 0.29) is 17.9 Å². The van der Waals surface area contributed by atoms with E-state index in [0.717, 1.165) is 0 Å². The largest absolute Gasteiger partial charge is 0.483 e. The fourth-order valence-electron chi connectivity index (χ4n) is 2.12. The number of hydrogen-bond donors (Lipinski definition) is 1. The van der Waals surface area contributed by atoms with Gasteiger partial charge in [0.05, 0.1) is 19.3 Å². The molecule has 2 aromatic carbocycles. The summed E-state index contributed by atoms with van der Waals surface area (Å²) in [5.41, 5.74) is 1.14. The van der Waals surface area contributed by atoms with Crippen molar-refractivity contribution in [1.82, 2.24) is 0 Å². The first-order valence-electron chi connectivity index (χ1n) is 7.92. The maximum atomic E-state index is 12.0. The molecule has 2 rings (SSSR count). The Labute approximate surface area is 150 Å². The SMILES string of the molecule is CCOC(=O)c1ccc(NC(=O)COc2ccccc2C(=O)OC)cc1. The first-order chi connectivity index (χ1) is 12.5. The zero-order chi connectivity index (χ0) is 18.9. The maximum absolute atomic E-state index is 12.0. The molecule has 26 heavy (non-hydrogen) atoms. The lowest BCUT2D eigenvalue weighted by Gasteiger charge is -2.10. The minimum atomic E-state index is -0.546. The van der Waals surface area contributed by atoms with Crippen LogP contribution in [0.1, 0.15) is 27.6 Å². The molecule has 0 heterocycles.